The molecule has 0 bridgehead atoms. The summed E-state index contributed by atoms with van der Waals surface area (Å²) in [5, 5.41) is 30.3. The van der Waals surface area contributed by atoms with Crippen LogP contribution in [0.1, 0.15) is 92.6 Å². The van der Waals surface area contributed by atoms with E-state index >= 15 is 0 Å². The average molecular weight is 447 g/mol. The van der Waals surface area contributed by atoms with E-state index in [1.165, 1.54) is 25.7 Å². The number of aliphatic hydroxyl groups excluding tert-OH is 1. The zero-order valence-electron chi connectivity index (χ0n) is 19.4. The van der Waals surface area contributed by atoms with Gasteiger partial charge in [-0.15, -0.1) is 20.4 Å². The summed E-state index contributed by atoms with van der Waals surface area (Å²) >= 11 is 0. The van der Waals surface area contributed by atoms with Gasteiger partial charge in [-0.1, -0.05) is 56.0 Å². The monoisotopic (exact) mass is 446 g/mol. The molecule has 3 aromatic rings. The fraction of sp³-hybridized carbons (Fsp3) is 0.615. The smallest absolute Gasteiger partial charge is 0.147 e. The number of nitrogens with zero attached hydrogens (tertiary/aromatic N) is 6. The van der Waals surface area contributed by atoms with E-state index in [0.29, 0.717) is 6.42 Å². The van der Waals surface area contributed by atoms with Crippen molar-refractivity contribution in [3.8, 4) is 0 Å². The molecule has 33 heavy (non-hydrogen) atoms. The van der Waals surface area contributed by atoms with Crippen LogP contribution in [0.25, 0.3) is 0 Å². The molecule has 1 N–H and O–H groups in total. The van der Waals surface area contributed by atoms with Gasteiger partial charge in [-0.3, -0.25) is 0 Å². The Bertz CT molecular complexity index is 1050. The van der Waals surface area contributed by atoms with Crippen molar-refractivity contribution < 1.29 is 5.11 Å². The minimum absolute atomic E-state index is 0.101. The van der Waals surface area contributed by atoms with Crippen LogP contribution in [0.3, 0.4) is 0 Å². The molecule has 7 heteroatoms. The molecule has 7 nitrogen and oxygen atoms in total. The topological polar surface area (TPSA) is 81.7 Å². The van der Waals surface area contributed by atoms with Crippen LogP contribution in [0, 0.1) is 0 Å². The van der Waals surface area contributed by atoms with Crippen molar-refractivity contribution in [2.24, 2.45) is 0 Å². The summed E-state index contributed by atoms with van der Waals surface area (Å²) in [6.07, 6.45) is 11.7. The van der Waals surface area contributed by atoms with Crippen LogP contribution in [0.2, 0.25) is 0 Å². The number of hydrogen-bond donors (Lipinski definition) is 1. The standard InChI is InChI=1S/C26H34N6O/c33-20-18-26(23(20)19-12-6-5-7-13-19,24-29-27-21-14-8-1-3-10-16-31(21)24)25-30-28-22-15-9-2-4-11-17-32(22)25/h5-7,12-13,20,23,33H,1-4,8-11,14-18H2. The Labute approximate surface area is 195 Å². The van der Waals surface area contributed by atoms with Gasteiger partial charge in [0, 0.05) is 31.8 Å². The molecule has 4 heterocycles. The molecule has 6 rings (SSSR count). The van der Waals surface area contributed by atoms with E-state index in [2.05, 4.69) is 43.6 Å². The number of fused-ring (bicyclic) bond motifs is 2. The van der Waals surface area contributed by atoms with E-state index in [0.717, 1.165) is 80.5 Å². The first-order chi connectivity index (χ1) is 16.3. The second kappa shape index (κ2) is 8.67. The summed E-state index contributed by atoms with van der Waals surface area (Å²) in [4.78, 5) is 0. The summed E-state index contributed by atoms with van der Waals surface area (Å²) in [7, 11) is 0. The molecule has 2 aliphatic heterocycles. The van der Waals surface area contributed by atoms with Crippen molar-refractivity contribution in [2.75, 3.05) is 0 Å². The Morgan fingerprint density at radius 2 is 1.24 bits per heavy atom. The number of aryl methyl sites for hydroxylation is 2. The second-order valence-corrected chi connectivity index (χ2v) is 10.1. The van der Waals surface area contributed by atoms with Crippen molar-refractivity contribution in [1.29, 1.82) is 0 Å². The molecule has 3 aliphatic rings. The molecule has 0 radical (unpaired) electrons. The molecule has 174 valence electrons. The minimum atomic E-state index is -0.504. The van der Waals surface area contributed by atoms with Crippen LogP contribution in [-0.2, 0) is 31.3 Å². The Hall–Kier alpha value is -2.54. The maximum Gasteiger partial charge on any atom is 0.147 e. The van der Waals surface area contributed by atoms with Gasteiger partial charge in [0.25, 0.3) is 0 Å². The number of rotatable bonds is 3. The highest BCUT2D eigenvalue weighted by Gasteiger charge is 2.62. The molecular formula is C26H34N6O. The van der Waals surface area contributed by atoms with Crippen molar-refractivity contribution in [2.45, 2.75) is 101 Å². The molecule has 1 aliphatic carbocycles. The van der Waals surface area contributed by atoms with Crippen LogP contribution in [0.15, 0.2) is 30.3 Å². The Kier molecular flexibility index (Phi) is 5.52. The third-order valence-corrected chi connectivity index (χ3v) is 8.12. The summed E-state index contributed by atoms with van der Waals surface area (Å²) < 4.78 is 4.73. The van der Waals surface area contributed by atoms with Crippen LogP contribution < -0.4 is 0 Å². The first-order valence-corrected chi connectivity index (χ1v) is 12.9. The molecule has 0 saturated heterocycles. The lowest BCUT2D eigenvalue weighted by atomic mass is 9.54. The highest BCUT2D eigenvalue weighted by molar-refractivity contribution is 5.42. The molecule has 0 amide bonds. The lowest BCUT2D eigenvalue weighted by Gasteiger charge is -2.51. The molecule has 0 spiro atoms. The van der Waals surface area contributed by atoms with Gasteiger partial charge in [-0.25, -0.2) is 0 Å². The lowest BCUT2D eigenvalue weighted by Crippen LogP contribution is -2.56. The minimum Gasteiger partial charge on any atom is -0.392 e. The van der Waals surface area contributed by atoms with E-state index in [9.17, 15) is 5.11 Å². The van der Waals surface area contributed by atoms with Crippen molar-refractivity contribution in [3.63, 3.8) is 0 Å². The van der Waals surface area contributed by atoms with E-state index < -0.39 is 11.5 Å². The molecular weight excluding hydrogens is 412 g/mol. The van der Waals surface area contributed by atoms with Crippen LogP contribution in [0.5, 0.6) is 0 Å². The summed E-state index contributed by atoms with van der Waals surface area (Å²) in [5.74, 6) is 4.04. The van der Waals surface area contributed by atoms with Gasteiger partial charge < -0.3 is 14.2 Å². The summed E-state index contributed by atoms with van der Waals surface area (Å²) in [6.45, 7) is 1.88. The number of benzene rings is 1. The number of aromatic nitrogens is 6. The molecule has 1 fully saturated rings. The molecule has 1 aromatic carbocycles. The van der Waals surface area contributed by atoms with Crippen molar-refractivity contribution >= 4 is 0 Å². The second-order valence-electron chi connectivity index (χ2n) is 10.1. The van der Waals surface area contributed by atoms with Gasteiger partial charge in [-0.05, 0) is 37.7 Å². The largest absolute Gasteiger partial charge is 0.392 e. The van der Waals surface area contributed by atoms with Gasteiger partial charge in [-0.2, -0.15) is 0 Å². The molecule has 2 atom stereocenters. The van der Waals surface area contributed by atoms with E-state index in [1.54, 1.807) is 0 Å². The third-order valence-electron chi connectivity index (χ3n) is 8.12. The Morgan fingerprint density at radius 3 is 1.79 bits per heavy atom. The zero-order chi connectivity index (χ0) is 22.3. The van der Waals surface area contributed by atoms with Crippen LogP contribution in [0.4, 0.5) is 0 Å². The van der Waals surface area contributed by atoms with E-state index in [4.69, 9.17) is 10.2 Å². The molecule has 2 unspecified atom stereocenters. The van der Waals surface area contributed by atoms with Crippen LogP contribution >= 0.6 is 0 Å². The Morgan fingerprint density at radius 1 is 0.697 bits per heavy atom. The SMILES string of the molecule is OC1CC(c2nnc3n2CCCCCC3)(c2nnc3n2CCCCCC3)C1c1ccccc1. The van der Waals surface area contributed by atoms with Crippen molar-refractivity contribution in [1.82, 2.24) is 29.5 Å². The maximum absolute atomic E-state index is 11.2. The van der Waals surface area contributed by atoms with Gasteiger partial charge >= 0.3 is 0 Å². The fourth-order valence-corrected chi connectivity index (χ4v) is 6.45. The first-order valence-electron chi connectivity index (χ1n) is 12.9. The highest BCUT2D eigenvalue weighted by Crippen LogP contribution is 2.57. The van der Waals surface area contributed by atoms with E-state index in [-0.39, 0.29) is 5.92 Å². The van der Waals surface area contributed by atoms with Crippen molar-refractivity contribution in [3.05, 3.63) is 59.2 Å². The normalized spacial score (nSPS) is 25.0. The number of hydrogen-bond acceptors (Lipinski definition) is 5. The predicted octanol–water partition coefficient (Wildman–Crippen LogP) is 3.94. The van der Waals surface area contributed by atoms with Crippen LogP contribution in [-0.4, -0.2) is 40.7 Å². The summed E-state index contributed by atoms with van der Waals surface area (Å²) in [6, 6.07) is 10.4. The predicted molar refractivity (Wildman–Crippen MR) is 125 cm³/mol. The fourth-order valence-electron chi connectivity index (χ4n) is 6.45. The number of aliphatic hydroxyl groups is 1. The van der Waals surface area contributed by atoms with Gasteiger partial charge in [0.1, 0.15) is 28.7 Å². The maximum atomic E-state index is 11.2. The molecule has 2 aromatic heterocycles. The summed E-state index contributed by atoms with van der Waals surface area (Å²) in [5.41, 5.74) is 0.637. The van der Waals surface area contributed by atoms with Gasteiger partial charge in [0.2, 0.25) is 0 Å². The molecule has 1 saturated carbocycles. The Balaban J connectivity index is 1.55. The highest BCUT2D eigenvalue weighted by atomic mass is 16.3. The average Bonchev–Trinajstić information content (AvgIpc) is 3.35. The first kappa shape index (κ1) is 21.0. The third kappa shape index (κ3) is 3.43. The van der Waals surface area contributed by atoms with Gasteiger partial charge in [0.15, 0.2) is 0 Å². The van der Waals surface area contributed by atoms with Gasteiger partial charge in [0.05, 0.1) is 6.10 Å². The zero-order valence-corrected chi connectivity index (χ0v) is 19.4. The lowest BCUT2D eigenvalue weighted by molar-refractivity contribution is -0.00580. The quantitative estimate of drug-likeness (QED) is 0.659. The van der Waals surface area contributed by atoms with E-state index in [1.807, 2.05) is 6.07 Å².